The quantitative estimate of drug-likeness (QED) is 0.668. The van der Waals surface area contributed by atoms with Crippen LogP contribution in [0.1, 0.15) is 10.4 Å². The third-order valence-corrected chi connectivity index (χ3v) is 3.90. The second-order valence-electron chi connectivity index (χ2n) is 5.36. The van der Waals surface area contributed by atoms with Crippen LogP contribution in [-0.2, 0) is 13.6 Å². The molecule has 0 fully saturated rings. The van der Waals surface area contributed by atoms with Crippen molar-refractivity contribution in [1.82, 2.24) is 19.1 Å². The fraction of sp³-hybridized carbons (Fsp3) is 0.250. The first kappa shape index (κ1) is 16.5. The highest BCUT2D eigenvalue weighted by Gasteiger charge is 2.16. The largest absolute Gasteiger partial charge is 0.493 e. The van der Waals surface area contributed by atoms with E-state index in [1.807, 2.05) is 0 Å². The lowest BCUT2D eigenvalue weighted by Gasteiger charge is -2.09. The van der Waals surface area contributed by atoms with Crippen molar-refractivity contribution in [3.8, 4) is 11.5 Å². The molecular weight excluding hydrogens is 328 g/mol. The SMILES string of the molecule is COc1ccc(C(=O)Cn2cnc3c2c(=O)[nH]c(=O)n3C)cc1OC. The second-order valence-corrected chi connectivity index (χ2v) is 5.36. The van der Waals surface area contributed by atoms with E-state index in [-0.39, 0.29) is 23.5 Å². The molecular formula is C16H16N4O5. The molecule has 0 spiro atoms. The van der Waals surface area contributed by atoms with Crippen LogP contribution in [0.2, 0.25) is 0 Å². The number of Topliss-reactive ketones (excluding diaryl/α,β-unsaturated/α-hetero) is 1. The Morgan fingerprint density at radius 2 is 1.92 bits per heavy atom. The fourth-order valence-corrected chi connectivity index (χ4v) is 2.56. The number of hydrogen-bond donors (Lipinski definition) is 1. The predicted octanol–water partition coefficient (Wildman–Crippen LogP) is 0.323. The van der Waals surface area contributed by atoms with Crippen molar-refractivity contribution in [3.05, 3.63) is 50.9 Å². The van der Waals surface area contributed by atoms with Crippen LogP contribution in [0.4, 0.5) is 0 Å². The summed E-state index contributed by atoms with van der Waals surface area (Å²) in [6.07, 6.45) is 1.36. The molecule has 0 aliphatic carbocycles. The summed E-state index contributed by atoms with van der Waals surface area (Å²) in [7, 11) is 4.48. The molecule has 0 aliphatic heterocycles. The van der Waals surface area contributed by atoms with Gasteiger partial charge in [0.1, 0.15) is 0 Å². The van der Waals surface area contributed by atoms with Crippen molar-refractivity contribution < 1.29 is 14.3 Å². The third kappa shape index (κ3) is 2.80. The molecule has 0 saturated carbocycles. The van der Waals surface area contributed by atoms with Crippen molar-refractivity contribution in [2.75, 3.05) is 14.2 Å². The number of rotatable bonds is 5. The van der Waals surface area contributed by atoms with Crippen molar-refractivity contribution >= 4 is 16.9 Å². The van der Waals surface area contributed by atoms with Gasteiger partial charge in [-0.2, -0.15) is 0 Å². The number of imidazole rings is 1. The zero-order valence-corrected chi connectivity index (χ0v) is 13.9. The molecule has 3 aromatic rings. The van der Waals surface area contributed by atoms with Crippen molar-refractivity contribution in [1.29, 1.82) is 0 Å². The van der Waals surface area contributed by atoms with Gasteiger partial charge in [0.25, 0.3) is 5.56 Å². The highest BCUT2D eigenvalue weighted by molar-refractivity contribution is 5.97. The number of fused-ring (bicyclic) bond motifs is 1. The second kappa shape index (κ2) is 6.27. The van der Waals surface area contributed by atoms with E-state index in [1.165, 1.54) is 36.7 Å². The predicted molar refractivity (Wildman–Crippen MR) is 89.5 cm³/mol. The minimum Gasteiger partial charge on any atom is -0.493 e. The van der Waals surface area contributed by atoms with E-state index >= 15 is 0 Å². The van der Waals surface area contributed by atoms with Crippen LogP contribution >= 0.6 is 0 Å². The topological polar surface area (TPSA) is 108 Å². The summed E-state index contributed by atoms with van der Waals surface area (Å²) >= 11 is 0. The zero-order valence-electron chi connectivity index (χ0n) is 13.9. The fourth-order valence-electron chi connectivity index (χ4n) is 2.56. The Hall–Kier alpha value is -3.36. The summed E-state index contributed by atoms with van der Waals surface area (Å²) in [5.41, 5.74) is -0.366. The molecule has 3 rings (SSSR count). The Bertz CT molecular complexity index is 1080. The molecule has 2 aromatic heterocycles. The van der Waals surface area contributed by atoms with E-state index in [1.54, 1.807) is 18.2 Å². The van der Waals surface area contributed by atoms with Crippen LogP contribution in [0.3, 0.4) is 0 Å². The van der Waals surface area contributed by atoms with Gasteiger partial charge in [-0.05, 0) is 18.2 Å². The van der Waals surface area contributed by atoms with E-state index in [0.717, 1.165) is 0 Å². The lowest BCUT2D eigenvalue weighted by molar-refractivity contribution is 0.0973. The van der Waals surface area contributed by atoms with Crippen LogP contribution < -0.4 is 20.7 Å². The number of aryl methyl sites for hydroxylation is 1. The zero-order chi connectivity index (χ0) is 18.1. The summed E-state index contributed by atoms with van der Waals surface area (Å²) in [5.74, 6) is 0.705. The van der Waals surface area contributed by atoms with Gasteiger partial charge in [0.15, 0.2) is 28.4 Å². The first-order valence-corrected chi connectivity index (χ1v) is 7.35. The molecule has 0 radical (unpaired) electrons. The van der Waals surface area contributed by atoms with Gasteiger partial charge in [-0.3, -0.25) is 19.1 Å². The molecule has 0 atom stereocenters. The van der Waals surface area contributed by atoms with Crippen LogP contribution in [0.5, 0.6) is 11.5 Å². The number of benzene rings is 1. The summed E-state index contributed by atoms with van der Waals surface area (Å²) in [6, 6.07) is 4.82. The number of ketones is 1. The Kier molecular flexibility index (Phi) is 4.14. The number of methoxy groups -OCH3 is 2. The molecule has 9 nitrogen and oxygen atoms in total. The normalized spacial score (nSPS) is 10.8. The first-order chi connectivity index (χ1) is 12.0. The molecule has 25 heavy (non-hydrogen) atoms. The maximum Gasteiger partial charge on any atom is 0.329 e. The molecule has 0 amide bonds. The van der Waals surface area contributed by atoms with E-state index in [4.69, 9.17) is 9.47 Å². The van der Waals surface area contributed by atoms with Crippen molar-refractivity contribution in [2.45, 2.75) is 6.54 Å². The molecule has 130 valence electrons. The standard InChI is InChI=1S/C16H16N4O5/c1-19-14-13(15(22)18-16(19)23)20(8-17-14)7-10(21)9-4-5-11(24-2)12(6-9)25-3/h4-6,8H,7H2,1-3H3,(H,18,22,23). The number of hydrogen-bond acceptors (Lipinski definition) is 6. The van der Waals surface area contributed by atoms with Gasteiger partial charge in [0.2, 0.25) is 0 Å². The molecule has 0 unspecified atom stereocenters. The number of ether oxygens (including phenoxy) is 2. The highest BCUT2D eigenvalue weighted by atomic mass is 16.5. The maximum atomic E-state index is 12.6. The highest BCUT2D eigenvalue weighted by Crippen LogP contribution is 2.27. The molecule has 9 heteroatoms. The molecule has 0 aliphatic rings. The van der Waals surface area contributed by atoms with Gasteiger partial charge in [0, 0.05) is 12.6 Å². The Morgan fingerprint density at radius 1 is 1.20 bits per heavy atom. The number of H-pyrrole nitrogens is 1. The van der Waals surface area contributed by atoms with Gasteiger partial charge in [-0.1, -0.05) is 0 Å². The van der Waals surface area contributed by atoms with E-state index in [0.29, 0.717) is 17.1 Å². The Morgan fingerprint density at radius 3 is 2.60 bits per heavy atom. The van der Waals surface area contributed by atoms with E-state index in [9.17, 15) is 14.4 Å². The van der Waals surface area contributed by atoms with E-state index in [2.05, 4.69) is 9.97 Å². The van der Waals surface area contributed by atoms with Crippen LogP contribution in [-0.4, -0.2) is 39.1 Å². The monoisotopic (exact) mass is 344 g/mol. The number of aromatic nitrogens is 4. The van der Waals surface area contributed by atoms with Gasteiger partial charge in [-0.25, -0.2) is 9.78 Å². The lowest BCUT2D eigenvalue weighted by Crippen LogP contribution is -2.29. The smallest absolute Gasteiger partial charge is 0.329 e. The number of carbonyl (C=O) groups excluding carboxylic acids is 1. The molecule has 0 bridgehead atoms. The molecule has 2 heterocycles. The summed E-state index contributed by atoms with van der Waals surface area (Å²) < 4.78 is 13.0. The van der Waals surface area contributed by atoms with Gasteiger partial charge in [0.05, 0.1) is 27.1 Å². The van der Waals surface area contributed by atoms with Crippen LogP contribution in [0.15, 0.2) is 34.1 Å². The van der Waals surface area contributed by atoms with Crippen LogP contribution in [0, 0.1) is 0 Å². The number of nitrogens with one attached hydrogen (secondary N) is 1. The molecule has 1 N–H and O–H groups in total. The van der Waals surface area contributed by atoms with Crippen molar-refractivity contribution in [2.24, 2.45) is 7.05 Å². The molecule has 1 aromatic carbocycles. The average molecular weight is 344 g/mol. The van der Waals surface area contributed by atoms with Gasteiger partial charge >= 0.3 is 5.69 Å². The van der Waals surface area contributed by atoms with E-state index < -0.39 is 11.2 Å². The first-order valence-electron chi connectivity index (χ1n) is 7.35. The third-order valence-electron chi connectivity index (χ3n) is 3.90. The minimum atomic E-state index is -0.587. The number of aromatic amines is 1. The number of carbonyl (C=O) groups is 1. The average Bonchev–Trinajstić information content (AvgIpc) is 3.03. The summed E-state index contributed by atoms with van der Waals surface area (Å²) in [6.45, 7) is -0.104. The van der Waals surface area contributed by atoms with Gasteiger partial charge < -0.3 is 14.0 Å². The minimum absolute atomic E-state index is 0.104. The summed E-state index contributed by atoms with van der Waals surface area (Å²) in [4.78, 5) is 42.5. The summed E-state index contributed by atoms with van der Waals surface area (Å²) in [5, 5.41) is 0. The maximum absolute atomic E-state index is 12.6. The lowest BCUT2D eigenvalue weighted by atomic mass is 10.1. The molecule has 0 saturated heterocycles. The van der Waals surface area contributed by atoms with Crippen LogP contribution in [0.25, 0.3) is 11.2 Å². The number of nitrogens with zero attached hydrogens (tertiary/aromatic N) is 3. The van der Waals surface area contributed by atoms with Crippen molar-refractivity contribution in [3.63, 3.8) is 0 Å². The van der Waals surface area contributed by atoms with Gasteiger partial charge in [-0.15, -0.1) is 0 Å². The Labute approximate surface area is 141 Å². The Balaban J connectivity index is 1.99.